The van der Waals surface area contributed by atoms with Gasteiger partial charge < -0.3 is 16.0 Å². The average Bonchev–Trinajstić information content (AvgIpc) is 2.28. The minimum atomic E-state index is -0.0307. The maximum Gasteiger partial charge on any atom is 0.239 e. The first kappa shape index (κ1) is 14.9. The molecule has 3 N–H and O–H groups in total. The minimum Gasteiger partial charge on any atom is -0.389 e. The number of likely N-dealkylation sites (N-methyl/N-ethyl adjacent to an activating group) is 2. The van der Waals surface area contributed by atoms with Crippen LogP contribution < -0.4 is 16.0 Å². The third-order valence-corrected chi connectivity index (χ3v) is 3.10. The Morgan fingerprint density at radius 1 is 1.56 bits per heavy atom. The number of nitrogens with two attached hydrogens (primary N) is 1. The second-order valence-electron chi connectivity index (χ2n) is 3.84. The Kier molecular flexibility index (Phi) is 5.55. The number of anilines is 1. The predicted molar refractivity (Wildman–Crippen MR) is 82.0 cm³/mol. The van der Waals surface area contributed by atoms with Crippen LogP contribution in [0, 0.1) is 0 Å². The summed E-state index contributed by atoms with van der Waals surface area (Å²) in [6.45, 7) is 2.78. The van der Waals surface area contributed by atoms with Crippen LogP contribution in [-0.2, 0) is 4.79 Å². The van der Waals surface area contributed by atoms with Gasteiger partial charge in [-0.05, 0) is 25.1 Å². The van der Waals surface area contributed by atoms with E-state index in [-0.39, 0.29) is 12.5 Å². The molecule has 6 heteroatoms. The zero-order chi connectivity index (χ0) is 13.7. The average molecular weight is 330 g/mol. The van der Waals surface area contributed by atoms with E-state index in [2.05, 4.69) is 21.2 Å². The van der Waals surface area contributed by atoms with Crippen LogP contribution in [0.1, 0.15) is 12.5 Å². The Labute approximate surface area is 121 Å². The van der Waals surface area contributed by atoms with Crippen molar-refractivity contribution in [2.75, 3.05) is 25.0 Å². The van der Waals surface area contributed by atoms with Crippen molar-refractivity contribution >= 4 is 44.7 Å². The highest BCUT2D eigenvalue weighted by Crippen LogP contribution is 2.23. The lowest BCUT2D eigenvalue weighted by Crippen LogP contribution is -2.35. The number of nitrogens with zero attached hydrogens (tertiary/aromatic N) is 1. The second kappa shape index (κ2) is 6.70. The molecule has 0 aromatic heterocycles. The summed E-state index contributed by atoms with van der Waals surface area (Å²) in [5, 5.41) is 2.75. The molecule has 0 atom stereocenters. The molecule has 0 aliphatic heterocycles. The molecule has 0 radical (unpaired) electrons. The summed E-state index contributed by atoms with van der Waals surface area (Å²) in [6.07, 6.45) is 0. The molecule has 0 aliphatic rings. The van der Waals surface area contributed by atoms with Gasteiger partial charge in [0.25, 0.3) is 0 Å². The number of benzene rings is 1. The smallest absolute Gasteiger partial charge is 0.239 e. The van der Waals surface area contributed by atoms with E-state index in [1.54, 1.807) is 0 Å². The first-order chi connectivity index (χ1) is 8.45. The number of rotatable bonds is 5. The molecule has 1 amide bonds. The van der Waals surface area contributed by atoms with E-state index >= 15 is 0 Å². The molecule has 0 heterocycles. The maximum atomic E-state index is 11.5. The predicted octanol–water partition coefficient (Wildman–Crippen LogP) is 1.66. The van der Waals surface area contributed by atoms with Crippen LogP contribution in [0.15, 0.2) is 22.7 Å². The van der Waals surface area contributed by atoms with E-state index in [0.29, 0.717) is 11.5 Å². The molecule has 0 saturated carbocycles. The summed E-state index contributed by atoms with van der Waals surface area (Å²) in [5.74, 6) is -0.0307. The van der Waals surface area contributed by atoms with Crippen molar-refractivity contribution < 1.29 is 4.79 Å². The van der Waals surface area contributed by atoms with Gasteiger partial charge in [-0.15, -0.1) is 0 Å². The fraction of sp³-hybridized carbons (Fsp3) is 0.333. The normalized spacial score (nSPS) is 9.94. The van der Waals surface area contributed by atoms with Gasteiger partial charge in [0.2, 0.25) is 5.91 Å². The van der Waals surface area contributed by atoms with E-state index in [9.17, 15) is 4.79 Å². The highest BCUT2D eigenvalue weighted by molar-refractivity contribution is 9.10. The zero-order valence-electron chi connectivity index (χ0n) is 10.4. The molecule has 1 rings (SSSR count). The first-order valence-electron chi connectivity index (χ1n) is 5.53. The van der Waals surface area contributed by atoms with E-state index in [1.165, 1.54) is 0 Å². The van der Waals surface area contributed by atoms with E-state index in [1.807, 2.05) is 37.1 Å². The number of halogens is 1. The zero-order valence-corrected chi connectivity index (χ0v) is 12.8. The van der Waals surface area contributed by atoms with Crippen LogP contribution in [0.3, 0.4) is 0 Å². The first-order valence-corrected chi connectivity index (χ1v) is 6.73. The topological polar surface area (TPSA) is 58.4 Å². The summed E-state index contributed by atoms with van der Waals surface area (Å²) in [7, 11) is 1.83. The van der Waals surface area contributed by atoms with Gasteiger partial charge in [0.05, 0.1) is 6.54 Å². The number of nitrogens with one attached hydrogen (secondary N) is 1. The van der Waals surface area contributed by atoms with Gasteiger partial charge in [-0.3, -0.25) is 4.79 Å². The lowest BCUT2D eigenvalue weighted by Gasteiger charge is -2.21. The Morgan fingerprint density at radius 3 is 2.78 bits per heavy atom. The van der Waals surface area contributed by atoms with Gasteiger partial charge in [0, 0.05) is 29.3 Å². The molecular weight excluding hydrogens is 314 g/mol. The van der Waals surface area contributed by atoms with Gasteiger partial charge in [0.15, 0.2) is 0 Å². The fourth-order valence-electron chi connectivity index (χ4n) is 1.59. The van der Waals surface area contributed by atoms with Gasteiger partial charge in [-0.1, -0.05) is 28.1 Å². The molecule has 0 bridgehead atoms. The van der Waals surface area contributed by atoms with Crippen LogP contribution in [0.4, 0.5) is 5.69 Å². The number of carbonyl (C=O) groups is 1. The standard InChI is InChI=1S/C12H16BrN3OS/c1-3-15-11(17)7-16(2)10-5-4-8(13)6-9(10)12(14)18/h4-6H,3,7H2,1-2H3,(H2,14,18)(H,15,17). The van der Waals surface area contributed by atoms with Crippen LogP contribution in [0.5, 0.6) is 0 Å². The third kappa shape index (κ3) is 3.96. The number of hydrogen-bond donors (Lipinski definition) is 2. The molecule has 0 fully saturated rings. The van der Waals surface area contributed by atoms with Crippen molar-refractivity contribution in [2.24, 2.45) is 5.73 Å². The second-order valence-corrected chi connectivity index (χ2v) is 5.19. The molecule has 0 spiro atoms. The van der Waals surface area contributed by atoms with Crippen molar-refractivity contribution in [1.29, 1.82) is 0 Å². The highest BCUT2D eigenvalue weighted by atomic mass is 79.9. The Bertz CT molecular complexity index is 465. The SMILES string of the molecule is CCNC(=O)CN(C)c1ccc(Br)cc1C(N)=S. The van der Waals surface area contributed by atoms with E-state index in [4.69, 9.17) is 18.0 Å². The number of thiocarbonyl (C=S) groups is 1. The van der Waals surface area contributed by atoms with Crippen molar-refractivity contribution in [3.05, 3.63) is 28.2 Å². The minimum absolute atomic E-state index is 0.0307. The molecule has 1 aromatic rings. The maximum absolute atomic E-state index is 11.5. The molecule has 0 saturated heterocycles. The van der Waals surface area contributed by atoms with Gasteiger partial charge in [-0.25, -0.2) is 0 Å². The van der Waals surface area contributed by atoms with E-state index < -0.39 is 0 Å². The number of carbonyl (C=O) groups excluding carboxylic acids is 1. The quantitative estimate of drug-likeness (QED) is 0.806. The van der Waals surface area contributed by atoms with Crippen molar-refractivity contribution in [2.45, 2.75) is 6.92 Å². The van der Waals surface area contributed by atoms with Crippen molar-refractivity contribution in [3.8, 4) is 0 Å². The molecule has 0 aliphatic carbocycles. The summed E-state index contributed by atoms with van der Waals surface area (Å²) >= 11 is 8.40. The Balaban J connectivity index is 2.94. The lowest BCUT2D eigenvalue weighted by atomic mass is 10.1. The fourth-order valence-corrected chi connectivity index (χ4v) is 2.12. The third-order valence-electron chi connectivity index (χ3n) is 2.39. The van der Waals surface area contributed by atoms with E-state index in [0.717, 1.165) is 15.7 Å². The van der Waals surface area contributed by atoms with Crippen LogP contribution in [-0.4, -0.2) is 31.0 Å². The van der Waals surface area contributed by atoms with Crippen molar-refractivity contribution in [3.63, 3.8) is 0 Å². The van der Waals surface area contributed by atoms with Gasteiger partial charge in [0.1, 0.15) is 4.99 Å². The lowest BCUT2D eigenvalue weighted by molar-refractivity contribution is -0.119. The Morgan fingerprint density at radius 2 is 2.22 bits per heavy atom. The molecule has 4 nitrogen and oxygen atoms in total. The monoisotopic (exact) mass is 329 g/mol. The Hall–Kier alpha value is -1.14. The van der Waals surface area contributed by atoms with Crippen LogP contribution in [0.25, 0.3) is 0 Å². The summed E-state index contributed by atoms with van der Waals surface area (Å²) in [4.78, 5) is 13.7. The summed E-state index contributed by atoms with van der Waals surface area (Å²) in [5.41, 5.74) is 7.29. The van der Waals surface area contributed by atoms with Crippen LogP contribution in [0.2, 0.25) is 0 Å². The number of hydrogen-bond acceptors (Lipinski definition) is 3. The van der Waals surface area contributed by atoms with Crippen LogP contribution >= 0.6 is 28.1 Å². The molecule has 98 valence electrons. The summed E-state index contributed by atoms with van der Waals surface area (Å²) in [6, 6.07) is 5.63. The molecule has 1 aromatic carbocycles. The summed E-state index contributed by atoms with van der Waals surface area (Å²) < 4.78 is 0.903. The van der Waals surface area contributed by atoms with Gasteiger partial charge >= 0.3 is 0 Å². The number of amides is 1. The molecular formula is C12H16BrN3OS. The largest absolute Gasteiger partial charge is 0.389 e. The molecule has 18 heavy (non-hydrogen) atoms. The highest BCUT2D eigenvalue weighted by Gasteiger charge is 2.12. The molecule has 0 unspecified atom stereocenters. The van der Waals surface area contributed by atoms with Crippen molar-refractivity contribution in [1.82, 2.24) is 5.32 Å². The van der Waals surface area contributed by atoms with Gasteiger partial charge in [-0.2, -0.15) is 0 Å².